The van der Waals surface area contributed by atoms with Crippen molar-refractivity contribution in [3.8, 4) is 0 Å². The molecular formula is C10H18O3. The zero-order chi connectivity index (χ0) is 10.7. The SMILES string of the molecule is C=CC(C)(C)CC(C)(C)C(=O)OO. The zero-order valence-electron chi connectivity index (χ0n) is 8.76. The average Bonchev–Trinajstić information content (AvgIpc) is 2.01. The Bertz CT molecular complexity index is 204. The molecule has 0 fully saturated rings. The first-order valence-electron chi connectivity index (χ1n) is 4.24. The van der Waals surface area contributed by atoms with Crippen LogP contribution in [0.2, 0.25) is 0 Å². The highest BCUT2D eigenvalue weighted by Crippen LogP contribution is 2.34. The maximum Gasteiger partial charge on any atom is 0.347 e. The molecule has 3 heteroatoms. The van der Waals surface area contributed by atoms with Crippen molar-refractivity contribution in [3.63, 3.8) is 0 Å². The van der Waals surface area contributed by atoms with Crippen molar-refractivity contribution in [1.82, 2.24) is 0 Å². The lowest BCUT2D eigenvalue weighted by atomic mass is 9.75. The zero-order valence-corrected chi connectivity index (χ0v) is 8.76. The molecule has 0 aliphatic carbocycles. The van der Waals surface area contributed by atoms with Crippen LogP contribution < -0.4 is 0 Å². The van der Waals surface area contributed by atoms with E-state index in [0.717, 1.165) is 0 Å². The number of carbonyl (C=O) groups is 1. The van der Waals surface area contributed by atoms with Gasteiger partial charge in [-0.1, -0.05) is 19.9 Å². The van der Waals surface area contributed by atoms with Crippen molar-refractivity contribution in [2.24, 2.45) is 10.8 Å². The Balaban J connectivity index is 4.50. The summed E-state index contributed by atoms with van der Waals surface area (Å²) in [6.45, 7) is 11.1. The summed E-state index contributed by atoms with van der Waals surface area (Å²) in [6.07, 6.45) is 2.38. The Morgan fingerprint density at radius 2 is 1.92 bits per heavy atom. The Morgan fingerprint density at radius 3 is 2.23 bits per heavy atom. The van der Waals surface area contributed by atoms with Crippen LogP contribution in [-0.4, -0.2) is 11.2 Å². The van der Waals surface area contributed by atoms with E-state index in [1.165, 1.54) is 0 Å². The molecule has 0 unspecified atom stereocenters. The van der Waals surface area contributed by atoms with Gasteiger partial charge in [-0.15, -0.1) is 6.58 Å². The molecule has 0 heterocycles. The number of hydrogen-bond donors (Lipinski definition) is 1. The number of rotatable bonds is 4. The lowest BCUT2D eigenvalue weighted by Crippen LogP contribution is -2.30. The molecule has 0 bridgehead atoms. The quantitative estimate of drug-likeness (QED) is 0.417. The molecule has 0 saturated carbocycles. The molecule has 0 amide bonds. The molecule has 3 nitrogen and oxygen atoms in total. The lowest BCUT2D eigenvalue weighted by molar-refractivity contribution is -0.245. The van der Waals surface area contributed by atoms with Gasteiger partial charge in [-0.05, 0) is 25.7 Å². The molecule has 76 valence electrons. The van der Waals surface area contributed by atoms with Crippen LogP contribution in [0.3, 0.4) is 0 Å². The molecule has 0 aromatic carbocycles. The van der Waals surface area contributed by atoms with Gasteiger partial charge >= 0.3 is 5.97 Å². The first kappa shape index (κ1) is 12.2. The van der Waals surface area contributed by atoms with Crippen molar-refractivity contribution >= 4 is 5.97 Å². The van der Waals surface area contributed by atoms with E-state index in [-0.39, 0.29) is 5.41 Å². The van der Waals surface area contributed by atoms with Gasteiger partial charge in [-0.25, -0.2) is 4.79 Å². The molecule has 13 heavy (non-hydrogen) atoms. The van der Waals surface area contributed by atoms with Gasteiger partial charge < -0.3 is 4.89 Å². The van der Waals surface area contributed by atoms with Crippen molar-refractivity contribution < 1.29 is 14.9 Å². The second-order valence-corrected chi connectivity index (χ2v) is 4.63. The highest BCUT2D eigenvalue weighted by Gasteiger charge is 2.35. The van der Waals surface area contributed by atoms with E-state index in [4.69, 9.17) is 5.26 Å². The highest BCUT2D eigenvalue weighted by molar-refractivity contribution is 5.75. The number of allylic oxidation sites excluding steroid dienone is 1. The van der Waals surface area contributed by atoms with Gasteiger partial charge in [0.25, 0.3) is 0 Å². The van der Waals surface area contributed by atoms with Gasteiger partial charge in [0.2, 0.25) is 0 Å². The Morgan fingerprint density at radius 1 is 1.46 bits per heavy atom. The number of hydrogen-bond acceptors (Lipinski definition) is 3. The molecule has 0 aromatic rings. The van der Waals surface area contributed by atoms with E-state index in [1.54, 1.807) is 19.9 Å². The van der Waals surface area contributed by atoms with Crippen LogP contribution in [0.4, 0.5) is 0 Å². The maximum atomic E-state index is 11.1. The topological polar surface area (TPSA) is 46.5 Å². The number of carbonyl (C=O) groups excluding carboxylic acids is 1. The summed E-state index contributed by atoms with van der Waals surface area (Å²) in [5, 5.41) is 8.26. The predicted molar refractivity (Wildman–Crippen MR) is 51.1 cm³/mol. The summed E-state index contributed by atoms with van der Waals surface area (Å²) in [6, 6.07) is 0. The molecule has 1 N–H and O–H groups in total. The third kappa shape index (κ3) is 3.59. The standard InChI is InChI=1S/C10H18O3/c1-6-9(2,3)7-10(4,5)8(11)13-12/h6,12H,1,7H2,2-5H3. The molecule has 0 aliphatic rings. The van der Waals surface area contributed by atoms with E-state index < -0.39 is 11.4 Å². The third-order valence-electron chi connectivity index (χ3n) is 2.09. The van der Waals surface area contributed by atoms with Crippen LogP contribution in [0.15, 0.2) is 12.7 Å². The maximum absolute atomic E-state index is 11.1. The second kappa shape index (κ2) is 3.92. The minimum Gasteiger partial charge on any atom is -0.300 e. The largest absolute Gasteiger partial charge is 0.347 e. The van der Waals surface area contributed by atoms with Crippen LogP contribution in [0.25, 0.3) is 0 Å². The van der Waals surface area contributed by atoms with Gasteiger partial charge in [-0.3, -0.25) is 0 Å². The molecular weight excluding hydrogens is 168 g/mol. The van der Waals surface area contributed by atoms with Crippen molar-refractivity contribution in [3.05, 3.63) is 12.7 Å². The normalized spacial score (nSPS) is 12.4. The van der Waals surface area contributed by atoms with E-state index >= 15 is 0 Å². The first-order chi connectivity index (χ1) is 5.75. The molecule has 0 saturated heterocycles. The van der Waals surface area contributed by atoms with Crippen LogP contribution in [-0.2, 0) is 9.68 Å². The van der Waals surface area contributed by atoms with E-state index in [1.807, 2.05) is 13.8 Å². The lowest BCUT2D eigenvalue weighted by Gasteiger charge is -2.29. The molecule has 0 atom stereocenters. The van der Waals surface area contributed by atoms with E-state index in [0.29, 0.717) is 6.42 Å². The van der Waals surface area contributed by atoms with Gasteiger partial charge in [0.15, 0.2) is 0 Å². The molecule has 0 radical (unpaired) electrons. The summed E-state index contributed by atoms with van der Waals surface area (Å²) in [5.74, 6) is -0.609. The molecule has 0 spiro atoms. The average molecular weight is 186 g/mol. The molecule has 0 aliphatic heterocycles. The van der Waals surface area contributed by atoms with Crippen LogP contribution in [0, 0.1) is 10.8 Å². The first-order valence-corrected chi connectivity index (χ1v) is 4.24. The van der Waals surface area contributed by atoms with Gasteiger partial charge in [0.1, 0.15) is 0 Å². The minimum absolute atomic E-state index is 0.141. The van der Waals surface area contributed by atoms with Gasteiger partial charge in [0.05, 0.1) is 5.41 Å². The van der Waals surface area contributed by atoms with Crippen molar-refractivity contribution in [2.75, 3.05) is 0 Å². The van der Waals surface area contributed by atoms with Gasteiger partial charge in [-0.2, -0.15) is 5.26 Å². The fraction of sp³-hybridized carbons (Fsp3) is 0.700. The summed E-state index contributed by atoms with van der Waals surface area (Å²) in [4.78, 5) is 14.9. The summed E-state index contributed by atoms with van der Waals surface area (Å²) in [7, 11) is 0. The molecule has 0 aromatic heterocycles. The minimum atomic E-state index is -0.688. The predicted octanol–water partition coefficient (Wildman–Crippen LogP) is 2.63. The Labute approximate surface area is 79.3 Å². The van der Waals surface area contributed by atoms with Crippen molar-refractivity contribution in [1.29, 1.82) is 0 Å². The Kier molecular flexibility index (Phi) is 3.67. The summed E-state index contributed by atoms with van der Waals surface area (Å²) >= 11 is 0. The van der Waals surface area contributed by atoms with Gasteiger partial charge in [0, 0.05) is 0 Å². The Hall–Kier alpha value is -0.830. The summed E-state index contributed by atoms with van der Waals surface area (Å²) in [5.41, 5.74) is -0.829. The van der Waals surface area contributed by atoms with Crippen LogP contribution in [0.1, 0.15) is 34.1 Å². The fourth-order valence-corrected chi connectivity index (χ4v) is 1.41. The van der Waals surface area contributed by atoms with E-state index in [9.17, 15) is 4.79 Å². The highest BCUT2D eigenvalue weighted by atomic mass is 17.1. The smallest absolute Gasteiger partial charge is 0.300 e. The van der Waals surface area contributed by atoms with Crippen LogP contribution in [0.5, 0.6) is 0 Å². The second-order valence-electron chi connectivity index (χ2n) is 4.63. The van der Waals surface area contributed by atoms with E-state index in [2.05, 4.69) is 11.5 Å². The molecule has 0 rings (SSSR count). The summed E-state index contributed by atoms with van der Waals surface area (Å²) < 4.78 is 0. The monoisotopic (exact) mass is 186 g/mol. The van der Waals surface area contributed by atoms with Crippen LogP contribution >= 0.6 is 0 Å². The third-order valence-corrected chi connectivity index (χ3v) is 2.09. The fourth-order valence-electron chi connectivity index (χ4n) is 1.41. The van der Waals surface area contributed by atoms with Crippen molar-refractivity contribution in [2.45, 2.75) is 34.1 Å².